The Morgan fingerprint density at radius 2 is 2.00 bits per heavy atom. The summed E-state index contributed by atoms with van der Waals surface area (Å²) in [6.07, 6.45) is 4.17. The minimum Gasteiger partial charge on any atom is -0.446 e. The van der Waals surface area contributed by atoms with Crippen molar-refractivity contribution in [1.29, 1.82) is 0 Å². The van der Waals surface area contributed by atoms with Gasteiger partial charge in [-0.1, -0.05) is 30.3 Å². The number of nitrogens with two attached hydrogens (primary N) is 1. The van der Waals surface area contributed by atoms with Crippen molar-refractivity contribution in [2.24, 2.45) is 5.73 Å². The van der Waals surface area contributed by atoms with Crippen LogP contribution in [0.25, 0.3) is 0 Å². The van der Waals surface area contributed by atoms with E-state index in [0.29, 0.717) is 18.0 Å². The number of oxazole rings is 1. The van der Waals surface area contributed by atoms with Gasteiger partial charge < -0.3 is 15.1 Å². The van der Waals surface area contributed by atoms with E-state index in [0.717, 1.165) is 31.5 Å². The van der Waals surface area contributed by atoms with Crippen LogP contribution in [0.15, 0.2) is 41.0 Å². The summed E-state index contributed by atoms with van der Waals surface area (Å²) in [5, 5.41) is 0. The summed E-state index contributed by atoms with van der Waals surface area (Å²) in [5.74, 6) is 0.357. The third kappa shape index (κ3) is 3.13. The summed E-state index contributed by atoms with van der Waals surface area (Å²) >= 11 is 0. The number of likely N-dealkylation sites (tertiary alicyclic amines) is 1. The van der Waals surface area contributed by atoms with Gasteiger partial charge in [-0.25, -0.2) is 4.98 Å². The monoisotopic (exact) mass is 285 g/mol. The van der Waals surface area contributed by atoms with E-state index in [-0.39, 0.29) is 11.9 Å². The molecule has 110 valence electrons. The van der Waals surface area contributed by atoms with Gasteiger partial charge in [0.2, 0.25) is 5.89 Å². The predicted molar refractivity (Wildman–Crippen MR) is 78.7 cm³/mol. The number of carbonyl (C=O) groups is 1. The molecule has 2 heterocycles. The number of hydrogen-bond donors (Lipinski definition) is 1. The molecule has 1 aliphatic heterocycles. The van der Waals surface area contributed by atoms with Crippen molar-refractivity contribution in [2.45, 2.75) is 25.3 Å². The molecule has 0 saturated carbocycles. The van der Waals surface area contributed by atoms with Crippen molar-refractivity contribution in [3.63, 3.8) is 0 Å². The number of nitrogens with zero attached hydrogens (tertiary/aromatic N) is 2. The van der Waals surface area contributed by atoms with E-state index in [1.165, 1.54) is 6.26 Å². The predicted octanol–water partition coefficient (Wildman–Crippen LogP) is 2.15. The first-order valence-corrected chi connectivity index (χ1v) is 7.28. The smallest absolute Gasteiger partial charge is 0.275 e. The number of aromatic nitrogens is 1. The molecule has 1 aromatic heterocycles. The van der Waals surface area contributed by atoms with Gasteiger partial charge in [-0.3, -0.25) is 4.79 Å². The van der Waals surface area contributed by atoms with Gasteiger partial charge in [-0.05, 0) is 24.8 Å². The summed E-state index contributed by atoms with van der Waals surface area (Å²) in [6, 6.07) is 9.60. The van der Waals surface area contributed by atoms with Crippen LogP contribution in [0, 0.1) is 0 Å². The second kappa shape index (κ2) is 6.10. The molecule has 1 fully saturated rings. The van der Waals surface area contributed by atoms with E-state index in [1.54, 1.807) is 0 Å². The maximum absolute atomic E-state index is 12.2. The normalized spacial score (nSPS) is 16.1. The van der Waals surface area contributed by atoms with Crippen LogP contribution in [0.4, 0.5) is 0 Å². The van der Waals surface area contributed by atoms with Crippen molar-refractivity contribution in [3.05, 3.63) is 53.7 Å². The lowest BCUT2D eigenvalue weighted by Crippen LogP contribution is -2.28. The van der Waals surface area contributed by atoms with Crippen molar-refractivity contribution in [3.8, 4) is 0 Å². The summed E-state index contributed by atoms with van der Waals surface area (Å²) in [4.78, 5) is 18.3. The molecule has 3 rings (SSSR count). The second-order valence-electron chi connectivity index (χ2n) is 5.37. The van der Waals surface area contributed by atoms with Gasteiger partial charge in [0, 0.05) is 13.1 Å². The lowest BCUT2D eigenvalue weighted by atomic mass is 10.1. The lowest BCUT2D eigenvalue weighted by molar-refractivity contribution is 0.0787. The number of benzene rings is 1. The van der Waals surface area contributed by atoms with Gasteiger partial charge in [0.05, 0.1) is 6.04 Å². The Kier molecular flexibility index (Phi) is 4.01. The molecular weight excluding hydrogens is 266 g/mol. The van der Waals surface area contributed by atoms with E-state index in [1.807, 2.05) is 35.2 Å². The zero-order valence-electron chi connectivity index (χ0n) is 11.9. The molecule has 1 atom stereocenters. The maximum atomic E-state index is 12.2. The minimum absolute atomic E-state index is 0.0607. The Morgan fingerprint density at radius 3 is 2.71 bits per heavy atom. The summed E-state index contributed by atoms with van der Waals surface area (Å²) in [5.41, 5.74) is 7.59. The Morgan fingerprint density at radius 1 is 1.29 bits per heavy atom. The molecule has 1 amide bonds. The molecular formula is C16H19N3O2. The zero-order chi connectivity index (χ0) is 14.7. The lowest BCUT2D eigenvalue weighted by Gasteiger charge is -2.12. The minimum atomic E-state index is -0.340. The standard InChI is InChI=1S/C16H19N3O2/c17-13(10-12-6-2-1-3-7-12)15-18-14(11-21-15)16(20)19-8-4-5-9-19/h1-3,6-7,11,13H,4-5,8-10,17H2. The van der Waals surface area contributed by atoms with Crippen LogP contribution >= 0.6 is 0 Å². The highest BCUT2D eigenvalue weighted by molar-refractivity contribution is 5.92. The van der Waals surface area contributed by atoms with Crippen molar-refractivity contribution in [2.75, 3.05) is 13.1 Å². The third-order valence-corrected chi connectivity index (χ3v) is 3.75. The molecule has 2 aromatic rings. The molecule has 0 spiro atoms. The van der Waals surface area contributed by atoms with Crippen molar-refractivity contribution >= 4 is 5.91 Å². The molecule has 1 unspecified atom stereocenters. The van der Waals surface area contributed by atoms with E-state index in [9.17, 15) is 4.79 Å². The fraction of sp³-hybridized carbons (Fsp3) is 0.375. The molecule has 5 heteroatoms. The quantitative estimate of drug-likeness (QED) is 0.934. The van der Waals surface area contributed by atoms with E-state index >= 15 is 0 Å². The van der Waals surface area contributed by atoms with E-state index in [2.05, 4.69) is 4.98 Å². The van der Waals surface area contributed by atoms with Crippen molar-refractivity contribution < 1.29 is 9.21 Å². The second-order valence-corrected chi connectivity index (χ2v) is 5.37. The van der Waals surface area contributed by atoms with Gasteiger partial charge in [0.25, 0.3) is 5.91 Å². The largest absolute Gasteiger partial charge is 0.446 e. The highest BCUT2D eigenvalue weighted by Gasteiger charge is 2.23. The first-order chi connectivity index (χ1) is 10.2. The van der Waals surface area contributed by atoms with Gasteiger partial charge >= 0.3 is 0 Å². The average Bonchev–Trinajstić information content (AvgIpc) is 3.19. The summed E-state index contributed by atoms with van der Waals surface area (Å²) in [7, 11) is 0. The highest BCUT2D eigenvalue weighted by atomic mass is 16.3. The van der Waals surface area contributed by atoms with Crippen LogP contribution in [-0.4, -0.2) is 28.9 Å². The molecule has 0 radical (unpaired) electrons. The third-order valence-electron chi connectivity index (χ3n) is 3.75. The van der Waals surface area contributed by atoms with E-state index in [4.69, 9.17) is 10.2 Å². The molecule has 0 bridgehead atoms. The van der Waals surface area contributed by atoms with Gasteiger partial charge in [0.15, 0.2) is 5.69 Å². The van der Waals surface area contributed by atoms with Crippen molar-refractivity contribution in [1.82, 2.24) is 9.88 Å². The van der Waals surface area contributed by atoms with E-state index < -0.39 is 0 Å². The number of hydrogen-bond acceptors (Lipinski definition) is 4. The molecule has 1 saturated heterocycles. The number of amides is 1. The number of carbonyl (C=O) groups excluding carboxylic acids is 1. The number of rotatable bonds is 4. The fourth-order valence-electron chi connectivity index (χ4n) is 2.59. The van der Waals surface area contributed by atoms with Gasteiger partial charge in [-0.15, -0.1) is 0 Å². The Labute approximate surface area is 123 Å². The highest BCUT2D eigenvalue weighted by Crippen LogP contribution is 2.18. The molecule has 1 aliphatic rings. The molecule has 21 heavy (non-hydrogen) atoms. The van der Waals surface area contributed by atoms with Crippen LogP contribution in [-0.2, 0) is 6.42 Å². The fourth-order valence-corrected chi connectivity index (χ4v) is 2.59. The topological polar surface area (TPSA) is 72.4 Å². The maximum Gasteiger partial charge on any atom is 0.275 e. The Bertz CT molecular complexity index is 603. The molecule has 0 aliphatic carbocycles. The zero-order valence-corrected chi connectivity index (χ0v) is 11.9. The van der Waals surface area contributed by atoms with Crippen LogP contribution in [0.2, 0.25) is 0 Å². The van der Waals surface area contributed by atoms with Gasteiger partial charge in [-0.2, -0.15) is 0 Å². The first-order valence-electron chi connectivity index (χ1n) is 7.28. The Balaban J connectivity index is 1.68. The van der Waals surface area contributed by atoms with Crippen LogP contribution in [0.5, 0.6) is 0 Å². The summed E-state index contributed by atoms with van der Waals surface area (Å²) < 4.78 is 5.40. The Hall–Kier alpha value is -2.14. The molecule has 1 aromatic carbocycles. The van der Waals surface area contributed by atoms with Crippen LogP contribution < -0.4 is 5.73 Å². The summed E-state index contributed by atoms with van der Waals surface area (Å²) in [6.45, 7) is 1.61. The SMILES string of the molecule is NC(Cc1ccccc1)c1nc(C(=O)N2CCCC2)co1. The molecule has 5 nitrogen and oxygen atoms in total. The average molecular weight is 285 g/mol. The van der Waals surface area contributed by atoms with Crippen LogP contribution in [0.1, 0.15) is 40.8 Å². The van der Waals surface area contributed by atoms with Crippen LogP contribution in [0.3, 0.4) is 0 Å². The molecule has 2 N–H and O–H groups in total. The first kappa shape index (κ1) is 13.8. The van der Waals surface area contributed by atoms with Gasteiger partial charge in [0.1, 0.15) is 6.26 Å².